The zero-order valence-electron chi connectivity index (χ0n) is 8.12. The maximum atomic E-state index is 13.4. The van der Waals surface area contributed by atoms with E-state index >= 15 is 0 Å². The second kappa shape index (κ2) is 3.65. The van der Waals surface area contributed by atoms with Crippen molar-refractivity contribution in [2.45, 2.75) is 6.92 Å². The number of rotatable bonds is 1. The smallest absolute Gasteiger partial charge is 0.287 e. The van der Waals surface area contributed by atoms with E-state index in [0.29, 0.717) is 5.56 Å². The molecule has 1 aromatic carbocycles. The van der Waals surface area contributed by atoms with Crippen molar-refractivity contribution >= 4 is 0 Å². The molecule has 0 saturated carbocycles. The van der Waals surface area contributed by atoms with Gasteiger partial charge in [-0.1, -0.05) is 23.8 Å². The Labute approximate surface area is 85.6 Å². The molecule has 3 nitrogen and oxygen atoms in total. The zero-order chi connectivity index (χ0) is 10.8. The van der Waals surface area contributed by atoms with E-state index in [9.17, 15) is 9.18 Å². The van der Waals surface area contributed by atoms with E-state index in [2.05, 4.69) is 9.97 Å². The lowest BCUT2D eigenvalue weighted by atomic mass is 10.1. The molecule has 0 bridgehead atoms. The maximum Gasteiger partial charge on any atom is 0.287 e. The number of benzene rings is 1. The van der Waals surface area contributed by atoms with E-state index in [1.165, 1.54) is 6.33 Å². The monoisotopic (exact) mass is 204 g/mol. The van der Waals surface area contributed by atoms with E-state index in [4.69, 9.17) is 0 Å². The molecule has 0 aliphatic rings. The van der Waals surface area contributed by atoms with Gasteiger partial charge >= 0.3 is 0 Å². The average Bonchev–Trinajstić information content (AvgIpc) is 2.22. The number of hydrogen-bond donors (Lipinski definition) is 1. The summed E-state index contributed by atoms with van der Waals surface area (Å²) in [5, 5.41) is 0. The van der Waals surface area contributed by atoms with Crippen LogP contribution in [0.15, 0.2) is 35.4 Å². The molecule has 0 spiro atoms. The number of halogens is 1. The minimum atomic E-state index is -0.844. The van der Waals surface area contributed by atoms with Gasteiger partial charge in [0.2, 0.25) is 5.82 Å². The van der Waals surface area contributed by atoms with E-state index in [0.717, 1.165) is 5.56 Å². The summed E-state index contributed by atoms with van der Waals surface area (Å²) in [5.74, 6) is -0.844. The highest BCUT2D eigenvalue weighted by Gasteiger charge is 2.09. The first-order chi connectivity index (χ1) is 7.18. The fourth-order valence-corrected chi connectivity index (χ4v) is 1.38. The van der Waals surface area contributed by atoms with Crippen molar-refractivity contribution in [3.05, 3.63) is 52.3 Å². The molecule has 1 aromatic heterocycles. The topological polar surface area (TPSA) is 45.8 Å². The number of aromatic nitrogens is 2. The predicted octanol–water partition coefficient (Wildman–Crippen LogP) is 1.88. The maximum absolute atomic E-state index is 13.4. The van der Waals surface area contributed by atoms with Crippen LogP contribution in [-0.4, -0.2) is 9.97 Å². The first kappa shape index (κ1) is 9.58. The highest BCUT2D eigenvalue weighted by Crippen LogP contribution is 2.18. The highest BCUT2D eigenvalue weighted by atomic mass is 19.1. The summed E-state index contributed by atoms with van der Waals surface area (Å²) in [6, 6.07) is 7.20. The van der Waals surface area contributed by atoms with Gasteiger partial charge in [0, 0.05) is 5.56 Å². The molecule has 2 rings (SSSR count). The van der Waals surface area contributed by atoms with Gasteiger partial charge in [-0.2, -0.15) is 4.39 Å². The van der Waals surface area contributed by atoms with Crippen molar-refractivity contribution in [2.24, 2.45) is 0 Å². The Balaban J connectivity index is 2.64. The summed E-state index contributed by atoms with van der Waals surface area (Å²) in [6.45, 7) is 1.90. The van der Waals surface area contributed by atoms with Gasteiger partial charge in [-0.05, 0) is 13.0 Å². The molecule has 15 heavy (non-hydrogen) atoms. The van der Waals surface area contributed by atoms with Gasteiger partial charge in [-0.3, -0.25) is 4.79 Å². The number of H-pyrrole nitrogens is 1. The second-order valence-corrected chi connectivity index (χ2v) is 3.26. The van der Waals surface area contributed by atoms with Gasteiger partial charge in [-0.15, -0.1) is 0 Å². The van der Waals surface area contributed by atoms with Crippen molar-refractivity contribution in [3.63, 3.8) is 0 Å². The predicted molar refractivity (Wildman–Crippen MR) is 55.0 cm³/mol. The number of aryl methyl sites for hydroxylation is 1. The minimum Gasteiger partial charge on any atom is -0.311 e. The molecule has 0 radical (unpaired) electrons. The molecule has 0 saturated heterocycles. The third-order valence-corrected chi connectivity index (χ3v) is 2.09. The molecule has 0 aliphatic carbocycles. The van der Waals surface area contributed by atoms with Crippen molar-refractivity contribution in [1.29, 1.82) is 0 Å². The second-order valence-electron chi connectivity index (χ2n) is 3.26. The average molecular weight is 204 g/mol. The molecule has 0 atom stereocenters. The van der Waals surface area contributed by atoms with Gasteiger partial charge in [0.25, 0.3) is 5.56 Å². The van der Waals surface area contributed by atoms with E-state index < -0.39 is 11.4 Å². The molecule has 0 fully saturated rings. The van der Waals surface area contributed by atoms with Crippen LogP contribution in [0.25, 0.3) is 11.3 Å². The van der Waals surface area contributed by atoms with Crippen LogP contribution in [-0.2, 0) is 0 Å². The summed E-state index contributed by atoms with van der Waals surface area (Å²) in [5.41, 5.74) is 0.941. The van der Waals surface area contributed by atoms with Crippen LogP contribution in [0.4, 0.5) is 4.39 Å². The molecule has 76 valence electrons. The molecular weight excluding hydrogens is 195 g/mol. The molecule has 0 aliphatic heterocycles. The van der Waals surface area contributed by atoms with Crippen LogP contribution < -0.4 is 5.56 Å². The third-order valence-electron chi connectivity index (χ3n) is 2.09. The summed E-state index contributed by atoms with van der Waals surface area (Å²) in [4.78, 5) is 17.0. The first-order valence-corrected chi connectivity index (χ1v) is 4.48. The Morgan fingerprint density at radius 3 is 2.93 bits per heavy atom. The number of aromatic amines is 1. The summed E-state index contributed by atoms with van der Waals surface area (Å²) < 4.78 is 13.4. The van der Waals surface area contributed by atoms with E-state index in [1.807, 2.05) is 13.0 Å². The van der Waals surface area contributed by atoms with Crippen molar-refractivity contribution in [2.75, 3.05) is 0 Å². The van der Waals surface area contributed by atoms with Gasteiger partial charge < -0.3 is 4.98 Å². The molecular formula is C11H9FN2O. The number of hydrogen-bond acceptors (Lipinski definition) is 2. The lowest BCUT2D eigenvalue weighted by Crippen LogP contribution is -2.12. The van der Waals surface area contributed by atoms with Crippen LogP contribution in [0.5, 0.6) is 0 Å². The summed E-state index contributed by atoms with van der Waals surface area (Å²) >= 11 is 0. The molecule has 1 heterocycles. The van der Waals surface area contributed by atoms with Crippen LogP contribution >= 0.6 is 0 Å². The fraction of sp³-hybridized carbons (Fsp3) is 0.0909. The van der Waals surface area contributed by atoms with Crippen LogP contribution in [0.2, 0.25) is 0 Å². The fourth-order valence-electron chi connectivity index (χ4n) is 1.38. The molecule has 0 unspecified atom stereocenters. The number of nitrogens with one attached hydrogen (secondary N) is 1. The minimum absolute atomic E-state index is 0.0856. The summed E-state index contributed by atoms with van der Waals surface area (Å²) in [7, 11) is 0. The Morgan fingerprint density at radius 2 is 2.20 bits per heavy atom. The van der Waals surface area contributed by atoms with Gasteiger partial charge in [0.1, 0.15) is 5.69 Å². The van der Waals surface area contributed by atoms with E-state index in [-0.39, 0.29) is 5.69 Å². The first-order valence-electron chi connectivity index (χ1n) is 4.48. The zero-order valence-corrected chi connectivity index (χ0v) is 8.12. The Bertz CT molecular complexity index is 548. The molecule has 1 N–H and O–H groups in total. The Hall–Kier alpha value is -1.97. The quantitative estimate of drug-likeness (QED) is 0.770. The standard InChI is InChI=1S/C11H9FN2O/c1-7-3-2-4-8(5-7)10-9(12)11(15)14-6-13-10/h2-6H,1H3,(H,13,14,15). The Kier molecular flexibility index (Phi) is 2.33. The third kappa shape index (κ3) is 1.79. The highest BCUT2D eigenvalue weighted by molar-refractivity contribution is 5.59. The SMILES string of the molecule is Cc1cccc(-c2nc[nH]c(=O)c2F)c1. The van der Waals surface area contributed by atoms with Crippen LogP contribution in [0, 0.1) is 12.7 Å². The van der Waals surface area contributed by atoms with Crippen molar-refractivity contribution < 1.29 is 4.39 Å². The Morgan fingerprint density at radius 1 is 1.40 bits per heavy atom. The van der Waals surface area contributed by atoms with Gasteiger partial charge in [0.15, 0.2) is 0 Å². The largest absolute Gasteiger partial charge is 0.311 e. The lowest BCUT2D eigenvalue weighted by molar-refractivity contribution is 0.605. The lowest BCUT2D eigenvalue weighted by Gasteiger charge is -2.01. The van der Waals surface area contributed by atoms with Crippen LogP contribution in [0.3, 0.4) is 0 Å². The van der Waals surface area contributed by atoms with E-state index in [1.54, 1.807) is 18.2 Å². The van der Waals surface area contributed by atoms with Gasteiger partial charge in [0.05, 0.1) is 6.33 Å². The number of nitrogens with zero attached hydrogens (tertiary/aromatic N) is 1. The van der Waals surface area contributed by atoms with Gasteiger partial charge in [-0.25, -0.2) is 4.98 Å². The molecule has 0 amide bonds. The van der Waals surface area contributed by atoms with Crippen LogP contribution in [0.1, 0.15) is 5.56 Å². The normalized spacial score (nSPS) is 10.3. The summed E-state index contributed by atoms with van der Waals surface area (Å²) in [6.07, 6.45) is 1.20. The van der Waals surface area contributed by atoms with Crippen molar-refractivity contribution in [1.82, 2.24) is 9.97 Å². The molecule has 4 heteroatoms. The van der Waals surface area contributed by atoms with Crippen molar-refractivity contribution in [3.8, 4) is 11.3 Å². The molecule has 2 aromatic rings.